The molecule has 0 aliphatic carbocycles. The van der Waals surface area contributed by atoms with Gasteiger partial charge in [0.15, 0.2) is 0 Å². The summed E-state index contributed by atoms with van der Waals surface area (Å²) < 4.78 is 11.6. The van der Waals surface area contributed by atoms with Gasteiger partial charge in [0.05, 0.1) is 41.7 Å². The van der Waals surface area contributed by atoms with Gasteiger partial charge in [-0.05, 0) is 48.7 Å². The highest BCUT2D eigenvalue weighted by Crippen LogP contribution is 2.37. The SMILES string of the molecule is COc1cc(CCO)c2nc(-c3cc(C)cc4nc(OC)cnc34)sc2c1. The molecule has 0 bridgehead atoms. The van der Waals surface area contributed by atoms with Crippen LogP contribution in [0.2, 0.25) is 0 Å². The largest absolute Gasteiger partial charge is 0.497 e. The molecular formula is C20H19N3O3S. The summed E-state index contributed by atoms with van der Waals surface area (Å²) in [5, 5.41) is 10.3. The highest BCUT2D eigenvalue weighted by Gasteiger charge is 2.16. The number of fused-ring (bicyclic) bond motifs is 2. The zero-order chi connectivity index (χ0) is 19.0. The van der Waals surface area contributed by atoms with Gasteiger partial charge in [-0.15, -0.1) is 11.3 Å². The van der Waals surface area contributed by atoms with Crippen LogP contribution in [0.4, 0.5) is 0 Å². The van der Waals surface area contributed by atoms with Crippen LogP contribution in [-0.2, 0) is 6.42 Å². The van der Waals surface area contributed by atoms with E-state index in [1.54, 1.807) is 31.8 Å². The Hall–Kier alpha value is -2.77. The Bertz CT molecular complexity index is 1140. The molecule has 0 aliphatic heterocycles. The highest BCUT2D eigenvalue weighted by molar-refractivity contribution is 7.21. The summed E-state index contributed by atoms with van der Waals surface area (Å²) in [4.78, 5) is 13.9. The lowest BCUT2D eigenvalue weighted by Crippen LogP contribution is -1.94. The number of aryl methyl sites for hydroxylation is 1. The number of methoxy groups -OCH3 is 2. The molecule has 2 aromatic carbocycles. The van der Waals surface area contributed by atoms with E-state index in [-0.39, 0.29) is 6.61 Å². The molecule has 27 heavy (non-hydrogen) atoms. The number of aliphatic hydroxyl groups excluding tert-OH is 1. The first-order chi connectivity index (χ1) is 13.1. The third-order valence-corrected chi connectivity index (χ3v) is 5.41. The molecule has 4 aromatic rings. The van der Waals surface area contributed by atoms with Crippen molar-refractivity contribution in [3.8, 4) is 22.2 Å². The average Bonchev–Trinajstić information content (AvgIpc) is 3.11. The maximum atomic E-state index is 9.40. The van der Waals surface area contributed by atoms with E-state index in [0.29, 0.717) is 12.3 Å². The topological polar surface area (TPSA) is 77.4 Å². The van der Waals surface area contributed by atoms with Crippen LogP contribution < -0.4 is 9.47 Å². The number of hydrogen-bond donors (Lipinski definition) is 1. The van der Waals surface area contributed by atoms with Crippen LogP contribution in [0.5, 0.6) is 11.6 Å². The summed E-state index contributed by atoms with van der Waals surface area (Å²) in [6.07, 6.45) is 2.15. The quantitative estimate of drug-likeness (QED) is 0.567. The third kappa shape index (κ3) is 3.20. The fraction of sp³-hybridized carbons (Fsp3) is 0.250. The molecule has 0 atom stereocenters. The van der Waals surface area contributed by atoms with E-state index in [1.807, 2.05) is 25.1 Å². The maximum Gasteiger partial charge on any atom is 0.232 e. The minimum atomic E-state index is 0.0633. The zero-order valence-corrected chi connectivity index (χ0v) is 16.1. The monoisotopic (exact) mass is 381 g/mol. The number of aliphatic hydroxyl groups is 1. The van der Waals surface area contributed by atoms with Gasteiger partial charge in [0, 0.05) is 12.2 Å². The van der Waals surface area contributed by atoms with E-state index >= 15 is 0 Å². The summed E-state index contributed by atoms with van der Waals surface area (Å²) in [5.41, 5.74) is 5.44. The standard InChI is InChI=1S/C20H19N3O3S/c1-11-6-14(19-15(7-11)22-17(26-3)10-21-19)20-23-18-12(4-5-24)8-13(25-2)9-16(18)27-20/h6-10,24H,4-5H2,1-3H3. The Labute approximate surface area is 160 Å². The van der Waals surface area contributed by atoms with Crippen molar-refractivity contribution in [1.29, 1.82) is 0 Å². The molecule has 138 valence electrons. The summed E-state index contributed by atoms with van der Waals surface area (Å²) >= 11 is 1.58. The predicted molar refractivity (Wildman–Crippen MR) is 107 cm³/mol. The Morgan fingerprint density at radius 1 is 1.04 bits per heavy atom. The fourth-order valence-corrected chi connectivity index (χ4v) is 4.18. The van der Waals surface area contributed by atoms with Gasteiger partial charge >= 0.3 is 0 Å². The van der Waals surface area contributed by atoms with Gasteiger partial charge in [-0.2, -0.15) is 0 Å². The van der Waals surface area contributed by atoms with Crippen molar-refractivity contribution in [1.82, 2.24) is 15.0 Å². The van der Waals surface area contributed by atoms with Crippen LogP contribution in [0.15, 0.2) is 30.5 Å². The average molecular weight is 381 g/mol. The molecule has 2 aromatic heterocycles. The maximum absolute atomic E-state index is 9.40. The molecular weight excluding hydrogens is 362 g/mol. The Kier molecular flexibility index (Phi) is 4.63. The van der Waals surface area contributed by atoms with Crippen molar-refractivity contribution in [3.63, 3.8) is 0 Å². The summed E-state index contributed by atoms with van der Waals surface area (Å²) in [7, 11) is 3.22. The minimum Gasteiger partial charge on any atom is -0.497 e. The van der Waals surface area contributed by atoms with Gasteiger partial charge < -0.3 is 14.6 Å². The molecule has 0 saturated heterocycles. The van der Waals surface area contributed by atoms with E-state index in [1.165, 1.54) is 0 Å². The van der Waals surface area contributed by atoms with Gasteiger partial charge in [0.2, 0.25) is 5.88 Å². The van der Waals surface area contributed by atoms with Crippen LogP contribution in [0, 0.1) is 6.92 Å². The summed E-state index contributed by atoms with van der Waals surface area (Å²) in [6.45, 7) is 2.09. The van der Waals surface area contributed by atoms with Crippen LogP contribution in [0.25, 0.3) is 31.8 Å². The van der Waals surface area contributed by atoms with Gasteiger partial charge in [-0.1, -0.05) is 0 Å². The van der Waals surface area contributed by atoms with Gasteiger partial charge in [-0.25, -0.2) is 15.0 Å². The first-order valence-corrected chi connectivity index (χ1v) is 9.34. The summed E-state index contributed by atoms with van der Waals surface area (Å²) in [6, 6.07) is 7.97. The number of benzene rings is 2. The van der Waals surface area contributed by atoms with Crippen molar-refractivity contribution in [3.05, 3.63) is 41.6 Å². The van der Waals surface area contributed by atoms with Crippen LogP contribution in [0.1, 0.15) is 11.1 Å². The first-order valence-electron chi connectivity index (χ1n) is 8.53. The number of aromatic nitrogens is 3. The van der Waals surface area contributed by atoms with Crippen LogP contribution >= 0.6 is 11.3 Å². The first kappa shape index (κ1) is 17.6. The smallest absolute Gasteiger partial charge is 0.232 e. The molecule has 0 amide bonds. The molecule has 1 N–H and O–H groups in total. The van der Waals surface area contributed by atoms with E-state index < -0.39 is 0 Å². The number of rotatable bonds is 5. The molecule has 0 fully saturated rings. The van der Waals surface area contributed by atoms with Crippen molar-refractivity contribution < 1.29 is 14.6 Å². The lowest BCUT2D eigenvalue weighted by molar-refractivity contribution is 0.300. The number of thiazole rings is 1. The van der Waals surface area contributed by atoms with E-state index in [4.69, 9.17) is 14.5 Å². The second-order valence-corrected chi connectivity index (χ2v) is 7.25. The number of hydrogen-bond acceptors (Lipinski definition) is 7. The summed E-state index contributed by atoms with van der Waals surface area (Å²) in [5.74, 6) is 1.25. The molecule has 4 rings (SSSR count). The van der Waals surface area contributed by atoms with Gasteiger partial charge in [0.25, 0.3) is 0 Å². The normalized spacial score (nSPS) is 11.3. The van der Waals surface area contributed by atoms with E-state index in [9.17, 15) is 5.11 Å². The van der Waals surface area contributed by atoms with E-state index in [0.717, 1.165) is 48.7 Å². The predicted octanol–water partition coefficient (Wildman–Crippen LogP) is 3.77. The van der Waals surface area contributed by atoms with Crippen molar-refractivity contribution in [2.75, 3.05) is 20.8 Å². The van der Waals surface area contributed by atoms with Gasteiger partial charge in [0.1, 0.15) is 10.8 Å². The molecule has 0 aliphatic rings. The van der Waals surface area contributed by atoms with E-state index in [2.05, 4.69) is 16.0 Å². The third-order valence-electron chi connectivity index (χ3n) is 4.37. The minimum absolute atomic E-state index is 0.0633. The van der Waals surface area contributed by atoms with Crippen LogP contribution in [-0.4, -0.2) is 40.9 Å². The van der Waals surface area contributed by atoms with Crippen molar-refractivity contribution in [2.24, 2.45) is 0 Å². The van der Waals surface area contributed by atoms with Crippen molar-refractivity contribution >= 4 is 32.6 Å². The zero-order valence-electron chi connectivity index (χ0n) is 15.3. The second-order valence-electron chi connectivity index (χ2n) is 6.22. The molecule has 6 nitrogen and oxygen atoms in total. The number of ether oxygens (including phenoxy) is 2. The Morgan fingerprint density at radius 2 is 1.89 bits per heavy atom. The number of nitrogens with zero attached hydrogens (tertiary/aromatic N) is 3. The molecule has 0 saturated carbocycles. The van der Waals surface area contributed by atoms with Crippen LogP contribution in [0.3, 0.4) is 0 Å². The van der Waals surface area contributed by atoms with Crippen molar-refractivity contribution in [2.45, 2.75) is 13.3 Å². The molecule has 7 heteroatoms. The van der Waals surface area contributed by atoms with Gasteiger partial charge in [-0.3, -0.25) is 0 Å². The molecule has 2 heterocycles. The Morgan fingerprint density at radius 3 is 2.63 bits per heavy atom. The molecule has 0 unspecified atom stereocenters. The highest BCUT2D eigenvalue weighted by atomic mass is 32.1. The lowest BCUT2D eigenvalue weighted by atomic mass is 10.1. The Balaban J connectivity index is 1.95. The second kappa shape index (κ2) is 7.09. The fourth-order valence-electron chi connectivity index (χ4n) is 3.12. The molecule has 0 spiro atoms. The lowest BCUT2D eigenvalue weighted by Gasteiger charge is -2.06. The molecule has 0 radical (unpaired) electrons.